The smallest absolute Gasteiger partial charge is 0.136 e. The SMILES string of the molecule is [2H]c1c([2H])c([2H])c2c(oc3c([2H])c(-c4c5c([2H])c([2H])c([2H])c([2H])c5c(-c5cccc(-c6cccc7ccccc67)c5)c5c([2H])c([2H])c([2H])c([2H])c45)c([2H])c([2H])c32)c1[2H]. The first-order valence-electron chi connectivity index (χ1n) is 21.1. The Kier molecular flexibility index (Phi) is 2.97. The maximum absolute atomic E-state index is 9.50. The molecule has 1 nitrogen and oxygen atoms in total. The molecule has 0 aliphatic heterocycles. The molecule has 0 unspecified atom stereocenters. The summed E-state index contributed by atoms with van der Waals surface area (Å²) in [5.41, 5.74) is 0.426. The highest BCUT2D eigenvalue weighted by molar-refractivity contribution is 6.22. The van der Waals surface area contributed by atoms with Crippen molar-refractivity contribution in [3.8, 4) is 33.4 Å². The minimum atomic E-state index is -0.694. The summed E-state index contributed by atoms with van der Waals surface area (Å²) in [6, 6.07) is 11.3. The van der Waals surface area contributed by atoms with Crippen molar-refractivity contribution in [1.82, 2.24) is 0 Å². The molecule has 9 aromatic rings. The highest BCUT2D eigenvalue weighted by atomic mass is 16.3. The van der Waals surface area contributed by atoms with Gasteiger partial charge in [0.05, 0.1) is 20.6 Å². The molecule has 0 aliphatic carbocycles. The summed E-state index contributed by atoms with van der Waals surface area (Å²) in [7, 11) is 0. The van der Waals surface area contributed by atoms with E-state index >= 15 is 0 Å². The van der Waals surface area contributed by atoms with Crippen LogP contribution in [0.25, 0.3) is 87.6 Å². The van der Waals surface area contributed by atoms with E-state index in [-0.39, 0.29) is 49.0 Å². The van der Waals surface area contributed by atoms with E-state index in [1.165, 1.54) is 0 Å². The molecule has 1 heteroatoms. The molecule has 200 valence electrons. The number of fused-ring (bicyclic) bond motifs is 6. The molecule has 0 fully saturated rings. The van der Waals surface area contributed by atoms with E-state index in [0.717, 1.165) is 16.3 Å². The van der Waals surface area contributed by atoms with Gasteiger partial charge in [-0.25, -0.2) is 0 Å². The van der Waals surface area contributed by atoms with Crippen LogP contribution in [-0.2, 0) is 0 Å². The third-order valence-corrected chi connectivity index (χ3v) is 7.76. The van der Waals surface area contributed by atoms with Crippen molar-refractivity contribution in [3.63, 3.8) is 0 Å². The van der Waals surface area contributed by atoms with Crippen molar-refractivity contribution in [2.45, 2.75) is 0 Å². The number of para-hydroxylation sites is 1. The molecule has 1 heterocycles. The van der Waals surface area contributed by atoms with E-state index in [1.807, 2.05) is 48.5 Å². The lowest BCUT2D eigenvalue weighted by Crippen LogP contribution is -1.91. The van der Waals surface area contributed by atoms with Crippen molar-refractivity contribution in [1.29, 1.82) is 0 Å². The van der Waals surface area contributed by atoms with Crippen LogP contribution in [0.2, 0.25) is 0 Å². The zero-order valence-corrected chi connectivity index (χ0v) is 22.3. The van der Waals surface area contributed by atoms with Gasteiger partial charge in [0.25, 0.3) is 0 Å². The number of rotatable bonds is 3. The molecule has 0 N–H and O–H groups in total. The first-order valence-corrected chi connectivity index (χ1v) is 13.6. The van der Waals surface area contributed by atoms with Crippen LogP contribution in [0.15, 0.2) is 162 Å². The molecule has 0 saturated carbocycles. The third kappa shape index (κ3) is 3.72. The minimum absolute atomic E-state index is 0.0625. The van der Waals surface area contributed by atoms with Gasteiger partial charge in [-0.15, -0.1) is 0 Å². The number of hydrogen-bond acceptors (Lipinski definition) is 1. The van der Waals surface area contributed by atoms with Crippen molar-refractivity contribution in [3.05, 3.63) is 157 Å². The lowest BCUT2D eigenvalue weighted by Gasteiger charge is -2.18. The van der Waals surface area contributed by atoms with Gasteiger partial charge in [0.15, 0.2) is 0 Å². The molecule has 1 aromatic heterocycles. The fourth-order valence-corrected chi connectivity index (χ4v) is 5.91. The summed E-state index contributed by atoms with van der Waals surface area (Å²) in [6.07, 6.45) is 0. The molecule has 0 amide bonds. The average Bonchev–Trinajstić information content (AvgIpc) is 3.64. The molecule has 43 heavy (non-hydrogen) atoms. The van der Waals surface area contributed by atoms with Crippen LogP contribution in [0.1, 0.15) is 20.6 Å². The van der Waals surface area contributed by atoms with Crippen molar-refractivity contribution < 1.29 is 25.0 Å². The largest absolute Gasteiger partial charge is 0.456 e. The Morgan fingerprint density at radius 2 is 1.00 bits per heavy atom. The van der Waals surface area contributed by atoms with Crippen LogP contribution in [0.4, 0.5) is 0 Å². The second-order valence-electron chi connectivity index (χ2n) is 10.1. The Hall–Kier alpha value is -5.66. The van der Waals surface area contributed by atoms with Gasteiger partial charge in [0, 0.05) is 10.8 Å². The molecule has 9 rings (SSSR count). The maximum Gasteiger partial charge on any atom is 0.136 e. The van der Waals surface area contributed by atoms with Gasteiger partial charge in [-0.05, 0) is 89.9 Å². The van der Waals surface area contributed by atoms with Crippen LogP contribution in [0, 0.1) is 0 Å². The van der Waals surface area contributed by atoms with Crippen LogP contribution < -0.4 is 0 Å². The van der Waals surface area contributed by atoms with Gasteiger partial charge >= 0.3 is 0 Å². The average molecular weight is 562 g/mol. The molecular weight excluding hydrogens is 520 g/mol. The van der Waals surface area contributed by atoms with Gasteiger partial charge in [-0.2, -0.15) is 0 Å². The number of hydrogen-bond donors (Lipinski definition) is 0. The highest BCUT2D eigenvalue weighted by Gasteiger charge is 2.18. The Labute approximate surface area is 270 Å². The Morgan fingerprint density at radius 3 is 1.77 bits per heavy atom. The monoisotopic (exact) mass is 561 g/mol. The summed E-state index contributed by atoms with van der Waals surface area (Å²) in [6.45, 7) is 0. The van der Waals surface area contributed by atoms with Gasteiger partial charge in [0.1, 0.15) is 11.2 Å². The summed E-state index contributed by atoms with van der Waals surface area (Å²) in [4.78, 5) is 0. The van der Waals surface area contributed by atoms with Crippen LogP contribution >= 0.6 is 0 Å². The minimum Gasteiger partial charge on any atom is -0.456 e. The van der Waals surface area contributed by atoms with Crippen LogP contribution in [-0.4, -0.2) is 0 Å². The first-order chi connectivity index (χ1) is 27.6. The van der Waals surface area contributed by atoms with Crippen LogP contribution in [0.3, 0.4) is 0 Å². The van der Waals surface area contributed by atoms with E-state index in [1.54, 1.807) is 18.2 Å². The Balaban J connectivity index is 1.52. The van der Waals surface area contributed by atoms with Gasteiger partial charge < -0.3 is 4.42 Å². The van der Waals surface area contributed by atoms with Crippen molar-refractivity contribution >= 4 is 54.3 Å². The zero-order chi connectivity index (χ0) is 41.4. The van der Waals surface area contributed by atoms with E-state index in [2.05, 4.69) is 0 Å². The molecular formula is C42H26O. The van der Waals surface area contributed by atoms with Crippen molar-refractivity contribution in [2.24, 2.45) is 0 Å². The predicted octanol–water partition coefficient (Wildman–Crippen LogP) is 12.0. The predicted molar refractivity (Wildman–Crippen MR) is 183 cm³/mol. The fraction of sp³-hybridized carbons (Fsp3) is 0. The van der Waals surface area contributed by atoms with E-state index in [4.69, 9.17) is 15.4 Å². The first kappa shape index (κ1) is 13.5. The molecule has 0 aliphatic rings. The van der Waals surface area contributed by atoms with Gasteiger partial charge in [-0.1, -0.05) is 133 Å². The van der Waals surface area contributed by atoms with E-state index < -0.39 is 102 Å². The topological polar surface area (TPSA) is 13.1 Å². The second kappa shape index (κ2) is 9.44. The summed E-state index contributed by atoms with van der Waals surface area (Å²) in [5, 5.41) is 0.596. The Morgan fingerprint density at radius 1 is 0.419 bits per heavy atom. The number of benzene rings is 8. The van der Waals surface area contributed by atoms with E-state index in [9.17, 15) is 9.60 Å². The molecule has 0 radical (unpaired) electrons. The zero-order valence-electron chi connectivity index (χ0n) is 37.3. The van der Waals surface area contributed by atoms with Gasteiger partial charge in [0.2, 0.25) is 0 Å². The molecule has 0 saturated heterocycles. The fourth-order valence-electron chi connectivity index (χ4n) is 5.91. The summed E-state index contributed by atoms with van der Waals surface area (Å²) in [5.74, 6) is 0. The standard InChI is InChI=1S/C42H26O/c1-2-15-31-27(11-1)12-10-21-32(31)28-13-9-14-29(25-28)41-35-17-3-5-19-37(35)42(38-20-6-4-18-36(38)41)30-23-24-34-33-16-7-8-22-39(33)43-40(34)26-30/h1-26H/i3D,4D,5D,6D,7D,8D,16D,17D,18D,19D,20D,22D,23D,24D,26D. The maximum atomic E-state index is 9.50. The van der Waals surface area contributed by atoms with Gasteiger partial charge in [-0.3, -0.25) is 0 Å². The summed E-state index contributed by atoms with van der Waals surface area (Å²) >= 11 is 0. The lowest BCUT2D eigenvalue weighted by molar-refractivity contribution is 0.669. The summed E-state index contributed by atoms with van der Waals surface area (Å²) < 4.78 is 140. The second-order valence-corrected chi connectivity index (χ2v) is 10.1. The number of furan rings is 1. The molecule has 0 bridgehead atoms. The van der Waals surface area contributed by atoms with Crippen LogP contribution in [0.5, 0.6) is 0 Å². The third-order valence-electron chi connectivity index (χ3n) is 7.76. The highest BCUT2D eigenvalue weighted by Crippen LogP contribution is 2.45. The Bertz CT molecular complexity index is 3270. The normalized spacial score (nSPS) is 16.6. The molecule has 8 aromatic carbocycles. The quantitative estimate of drug-likeness (QED) is 0.196. The lowest BCUT2D eigenvalue weighted by atomic mass is 9.85. The molecule has 0 spiro atoms. The van der Waals surface area contributed by atoms with Crippen molar-refractivity contribution in [2.75, 3.05) is 0 Å². The molecule has 0 atom stereocenters. The van der Waals surface area contributed by atoms with E-state index in [0.29, 0.717) is 11.1 Å².